The molecule has 3 aromatic rings. The summed E-state index contributed by atoms with van der Waals surface area (Å²) in [6.45, 7) is 6.96. The first-order valence-electron chi connectivity index (χ1n) is 9.01. The van der Waals surface area contributed by atoms with Gasteiger partial charge < -0.3 is 9.72 Å². The SMILES string of the molecule is Cc1ccn2cc(CCNC(=O)/C=C/c3ccc(C(C)C)cc3)nc2c1. The van der Waals surface area contributed by atoms with Crippen LogP contribution in [0.2, 0.25) is 0 Å². The van der Waals surface area contributed by atoms with Gasteiger partial charge in [0.1, 0.15) is 5.65 Å². The van der Waals surface area contributed by atoms with E-state index < -0.39 is 0 Å². The van der Waals surface area contributed by atoms with Crippen molar-refractivity contribution in [1.82, 2.24) is 14.7 Å². The molecule has 4 nitrogen and oxygen atoms in total. The number of pyridine rings is 1. The number of hydrogen-bond donors (Lipinski definition) is 1. The lowest BCUT2D eigenvalue weighted by molar-refractivity contribution is -0.116. The fraction of sp³-hybridized carbons (Fsp3) is 0.273. The van der Waals surface area contributed by atoms with Gasteiger partial charge in [-0.3, -0.25) is 4.79 Å². The Bertz CT molecular complexity index is 920. The molecule has 1 N–H and O–H groups in total. The number of nitrogens with zero attached hydrogens (tertiary/aromatic N) is 2. The molecule has 3 rings (SSSR count). The van der Waals surface area contributed by atoms with E-state index in [1.807, 2.05) is 35.0 Å². The van der Waals surface area contributed by atoms with E-state index in [0.717, 1.165) is 16.9 Å². The summed E-state index contributed by atoms with van der Waals surface area (Å²) in [7, 11) is 0. The van der Waals surface area contributed by atoms with Gasteiger partial charge in [-0.2, -0.15) is 0 Å². The summed E-state index contributed by atoms with van der Waals surface area (Å²) < 4.78 is 2.00. The van der Waals surface area contributed by atoms with Crippen LogP contribution in [0.15, 0.2) is 54.9 Å². The summed E-state index contributed by atoms with van der Waals surface area (Å²) in [6.07, 6.45) is 8.15. The molecule has 1 amide bonds. The molecular formula is C22H25N3O. The zero-order valence-corrected chi connectivity index (χ0v) is 15.6. The fourth-order valence-corrected chi connectivity index (χ4v) is 2.79. The number of aryl methyl sites for hydroxylation is 1. The van der Waals surface area contributed by atoms with Crippen LogP contribution in [0.25, 0.3) is 11.7 Å². The summed E-state index contributed by atoms with van der Waals surface area (Å²) in [5, 5.41) is 2.91. The van der Waals surface area contributed by atoms with Crippen LogP contribution in [0, 0.1) is 6.92 Å². The zero-order chi connectivity index (χ0) is 18.5. The van der Waals surface area contributed by atoms with Crippen molar-refractivity contribution in [3.63, 3.8) is 0 Å². The average molecular weight is 347 g/mol. The number of aromatic nitrogens is 2. The third kappa shape index (κ3) is 4.60. The van der Waals surface area contributed by atoms with Crippen LogP contribution in [0.4, 0.5) is 0 Å². The number of carbonyl (C=O) groups excluding carboxylic acids is 1. The monoisotopic (exact) mass is 347 g/mol. The van der Waals surface area contributed by atoms with Crippen LogP contribution in [0.5, 0.6) is 0 Å². The molecule has 0 saturated heterocycles. The number of amides is 1. The Balaban J connectivity index is 1.50. The highest BCUT2D eigenvalue weighted by Crippen LogP contribution is 2.15. The molecule has 0 bridgehead atoms. The minimum atomic E-state index is -0.0856. The molecule has 0 aliphatic carbocycles. The summed E-state index contributed by atoms with van der Waals surface area (Å²) in [6, 6.07) is 12.4. The summed E-state index contributed by atoms with van der Waals surface area (Å²) in [5.41, 5.74) is 5.43. The molecule has 0 fully saturated rings. The smallest absolute Gasteiger partial charge is 0.244 e. The first-order valence-corrected chi connectivity index (χ1v) is 9.01. The molecule has 2 heterocycles. The van der Waals surface area contributed by atoms with E-state index in [2.05, 4.69) is 55.3 Å². The van der Waals surface area contributed by atoms with Gasteiger partial charge in [0.05, 0.1) is 5.69 Å². The third-order valence-electron chi connectivity index (χ3n) is 4.38. The number of benzene rings is 1. The highest BCUT2D eigenvalue weighted by molar-refractivity contribution is 5.91. The lowest BCUT2D eigenvalue weighted by Gasteiger charge is -2.04. The van der Waals surface area contributed by atoms with Gasteiger partial charge in [-0.25, -0.2) is 4.98 Å². The quantitative estimate of drug-likeness (QED) is 0.681. The van der Waals surface area contributed by atoms with Gasteiger partial charge in [-0.1, -0.05) is 38.1 Å². The lowest BCUT2D eigenvalue weighted by atomic mass is 10.0. The Kier molecular flexibility index (Phi) is 5.52. The van der Waals surface area contributed by atoms with Gasteiger partial charge in [0.15, 0.2) is 0 Å². The van der Waals surface area contributed by atoms with Crippen molar-refractivity contribution >= 4 is 17.6 Å². The molecule has 0 aliphatic heterocycles. The molecule has 1 aromatic carbocycles. The molecule has 0 atom stereocenters. The van der Waals surface area contributed by atoms with Crippen molar-refractivity contribution in [1.29, 1.82) is 0 Å². The topological polar surface area (TPSA) is 46.4 Å². The van der Waals surface area contributed by atoms with Gasteiger partial charge in [-0.05, 0) is 47.7 Å². The van der Waals surface area contributed by atoms with Gasteiger partial charge >= 0.3 is 0 Å². The first kappa shape index (κ1) is 17.9. The summed E-state index contributed by atoms with van der Waals surface area (Å²) >= 11 is 0. The molecule has 0 unspecified atom stereocenters. The number of nitrogens with one attached hydrogen (secondary N) is 1. The molecule has 0 radical (unpaired) electrons. The molecular weight excluding hydrogens is 322 g/mol. The standard InChI is InChI=1S/C22H25N3O/c1-16(2)19-7-4-18(5-8-19)6-9-22(26)23-12-10-20-15-25-13-11-17(3)14-21(25)24-20/h4-9,11,13-16H,10,12H2,1-3H3,(H,23,26)/b9-6+. The van der Waals surface area contributed by atoms with Crippen molar-refractivity contribution in [2.24, 2.45) is 0 Å². The van der Waals surface area contributed by atoms with Crippen molar-refractivity contribution in [3.05, 3.63) is 77.3 Å². The van der Waals surface area contributed by atoms with E-state index >= 15 is 0 Å². The fourth-order valence-electron chi connectivity index (χ4n) is 2.79. The second-order valence-corrected chi connectivity index (χ2v) is 6.90. The van der Waals surface area contributed by atoms with Gasteiger partial charge in [0.2, 0.25) is 5.91 Å². The van der Waals surface area contributed by atoms with Crippen LogP contribution in [0.1, 0.15) is 42.1 Å². The number of imidazole rings is 1. The number of fused-ring (bicyclic) bond motifs is 1. The van der Waals surface area contributed by atoms with Crippen molar-refractivity contribution < 1.29 is 4.79 Å². The first-order chi connectivity index (χ1) is 12.5. The molecule has 134 valence electrons. The number of hydrogen-bond acceptors (Lipinski definition) is 2. The van der Waals surface area contributed by atoms with Gasteiger partial charge in [0.25, 0.3) is 0 Å². The molecule has 26 heavy (non-hydrogen) atoms. The highest BCUT2D eigenvalue weighted by Gasteiger charge is 2.03. The normalized spacial score (nSPS) is 11.5. The van der Waals surface area contributed by atoms with E-state index in [9.17, 15) is 4.79 Å². The predicted octanol–water partition coefficient (Wildman–Crippen LogP) is 4.14. The minimum Gasteiger partial charge on any atom is -0.352 e. The van der Waals surface area contributed by atoms with Crippen LogP contribution in [-0.2, 0) is 11.2 Å². The van der Waals surface area contributed by atoms with Crippen molar-refractivity contribution in [2.75, 3.05) is 6.54 Å². The third-order valence-corrected chi connectivity index (χ3v) is 4.38. The Morgan fingerprint density at radius 1 is 1.23 bits per heavy atom. The maximum absolute atomic E-state index is 12.0. The Hall–Kier alpha value is -2.88. The van der Waals surface area contributed by atoms with Gasteiger partial charge in [-0.15, -0.1) is 0 Å². The van der Waals surface area contributed by atoms with Crippen molar-refractivity contribution in [2.45, 2.75) is 33.1 Å². The number of rotatable bonds is 6. The van der Waals surface area contributed by atoms with Crippen LogP contribution < -0.4 is 5.32 Å². The molecule has 4 heteroatoms. The van der Waals surface area contributed by atoms with Crippen LogP contribution in [-0.4, -0.2) is 21.8 Å². The lowest BCUT2D eigenvalue weighted by Crippen LogP contribution is -2.23. The van der Waals surface area contributed by atoms with E-state index in [0.29, 0.717) is 18.9 Å². The molecule has 0 aliphatic rings. The largest absolute Gasteiger partial charge is 0.352 e. The Morgan fingerprint density at radius 3 is 2.73 bits per heavy atom. The molecule has 0 saturated carbocycles. The Labute approximate surface area is 154 Å². The maximum Gasteiger partial charge on any atom is 0.244 e. The average Bonchev–Trinajstić information content (AvgIpc) is 3.02. The molecule has 2 aromatic heterocycles. The zero-order valence-electron chi connectivity index (χ0n) is 15.6. The maximum atomic E-state index is 12.0. The summed E-state index contributed by atoms with van der Waals surface area (Å²) in [4.78, 5) is 16.6. The Morgan fingerprint density at radius 2 is 2.00 bits per heavy atom. The second kappa shape index (κ2) is 8.00. The summed E-state index contributed by atoms with van der Waals surface area (Å²) in [5.74, 6) is 0.428. The van der Waals surface area contributed by atoms with E-state index in [-0.39, 0.29) is 5.91 Å². The minimum absolute atomic E-state index is 0.0856. The highest BCUT2D eigenvalue weighted by atomic mass is 16.1. The second-order valence-electron chi connectivity index (χ2n) is 6.90. The van der Waals surface area contributed by atoms with Crippen LogP contribution >= 0.6 is 0 Å². The van der Waals surface area contributed by atoms with Gasteiger partial charge in [0, 0.05) is 31.4 Å². The number of carbonyl (C=O) groups is 1. The molecule has 0 spiro atoms. The predicted molar refractivity (Wildman–Crippen MR) is 106 cm³/mol. The van der Waals surface area contributed by atoms with Crippen LogP contribution in [0.3, 0.4) is 0 Å². The van der Waals surface area contributed by atoms with E-state index in [4.69, 9.17) is 0 Å². The van der Waals surface area contributed by atoms with E-state index in [1.165, 1.54) is 11.1 Å². The van der Waals surface area contributed by atoms with E-state index in [1.54, 1.807) is 6.08 Å². The van der Waals surface area contributed by atoms with Crippen molar-refractivity contribution in [3.8, 4) is 0 Å².